The van der Waals surface area contributed by atoms with Crippen molar-refractivity contribution >= 4 is 0 Å². The summed E-state index contributed by atoms with van der Waals surface area (Å²) in [5.74, 6) is 0. The fraction of sp³-hybridized carbons (Fsp3) is 1.00. The number of rotatable bonds is 6. The lowest BCUT2D eigenvalue weighted by atomic mass is 9.92. The van der Waals surface area contributed by atoms with Crippen LogP contribution < -0.4 is 5.32 Å². The van der Waals surface area contributed by atoms with Gasteiger partial charge < -0.3 is 10.1 Å². The Morgan fingerprint density at radius 3 is 2.87 bits per heavy atom. The van der Waals surface area contributed by atoms with Gasteiger partial charge in [0.05, 0.1) is 13.2 Å². The summed E-state index contributed by atoms with van der Waals surface area (Å²) in [5, 5.41) is 3.30. The van der Waals surface area contributed by atoms with Crippen LogP contribution >= 0.6 is 0 Å². The molecule has 1 aliphatic heterocycles. The number of halogens is 1. The van der Waals surface area contributed by atoms with E-state index in [4.69, 9.17) is 4.74 Å². The second-order valence-electron chi connectivity index (χ2n) is 4.80. The Morgan fingerprint density at radius 1 is 1.47 bits per heavy atom. The number of unbranched alkanes of at least 4 members (excludes halogenated alkanes) is 2. The van der Waals surface area contributed by atoms with Crippen LogP contribution in [0.5, 0.6) is 0 Å². The molecule has 90 valence electrons. The maximum atomic E-state index is 14.1. The average molecular weight is 217 g/mol. The summed E-state index contributed by atoms with van der Waals surface area (Å²) in [6.45, 7) is 6.14. The third kappa shape index (κ3) is 5.47. The van der Waals surface area contributed by atoms with Gasteiger partial charge in [-0.1, -0.05) is 26.2 Å². The van der Waals surface area contributed by atoms with Gasteiger partial charge in [-0.25, -0.2) is 4.39 Å². The highest BCUT2D eigenvalue weighted by Crippen LogP contribution is 2.25. The molecular weight excluding hydrogens is 193 g/mol. The van der Waals surface area contributed by atoms with Crippen molar-refractivity contribution in [2.75, 3.05) is 19.8 Å². The maximum absolute atomic E-state index is 14.1. The lowest BCUT2D eigenvalue weighted by molar-refractivity contribution is 0.0451. The van der Waals surface area contributed by atoms with E-state index in [2.05, 4.69) is 12.2 Å². The first-order valence-corrected chi connectivity index (χ1v) is 6.14. The number of nitrogens with one attached hydrogen (secondary N) is 1. The first-order valence-electron chi connectivity index (χ1n) is 6.14. The minimum absolute atomic E-state index is 0.204. The predicted molar refractivity (Wildman–Crippen MR) is 60.9 cm³/mol. The third-order valence-corrected chi connectivity index (χ3v) is 2.97. The van der Waals surface area contributed by atoms with Gasteiger partial charge in [0, 0.05) is 12.6 Å². The van der Waals surface area contributed by atoms with Gasteiger partial charge >= 0.3 is 0 Å². The quantitative estimate of drug-likeness (QED) is 0.691. The van der Waals surface area contributed by atoms with Gasteiger partial charge in [-0.15, -0.1) is 0 Å². The van der Waals surface area contributed by atoms with Crippen LogP contribution in [0.1, 0.15) is 46.0 Å². The van der Waals surface area contributed by atoms with Crippen molar-refractivity contribution in [1.29, 1.82) is 0 Å². The highest BCUT2D eigenvalue weighted by Gasteiger charge is 2.28. The van der Waals surface area contributed by atoms with E-state index in [-0.39, 0.29) is 6.04 Å². The van der Waals surface area contributed by atoms with Crippen molar-refractivity contribution in [3.8, 4) is 0 Å². The van der Waals surface area contributed by atoms with Gasteiger partial charge in [0.25, 0.3) is 0 Å². The fourth-order valence-corrected chi connectivity index (χ4v) is 2.11. The zero-order valence-corrected chi connectivity index (χ0v) is 10.0. The summed E-state index contributed by atoms with van der Waals surface area (Å²) in [4.78, 5) is 0. The van der Waals surface area contributed by atoms with Crippen LogP contribution in [0.25, 0.3) is 0 Å². The molecule has 0 aromatic rings. The van der Waals surface area contributed by atoms with Crippen molar-refractivity contribution in [1.82, 2.24) is 5.32 Å². The van der Waals surface area contributed by atoms with Gasteiger partial charge in [-0.3, -0.25) is 0 Å². The monoisotopic (exact) mass is 217 g/mol. The van der Waals surface area contributed by atoms with Crippen LogP contribution in [-0.2, 0) is 4.74 Å². The zero-order valence-electron chi connectivity index (χ0n) is 10.0. The molecule has 0 radical (unpaired) electrons. The van der Waals surface area contributed by atoms with Crippen LogP contribution in [0.3, 0.4) is 0 Å². The normalized spacial score (nSPS) is 26.2. The van der Waals surface area contributed by atoms with E-state index in [0.29, 0.717) is 19.4 Å². The molecule has 0 amide bonds. The first kappa shape index (κ1) is 12.9. The molecule has 1 N–H and O–H groups in total. The second-order valence-corrected chi connectivity index (χ2v) is 4.80. The molecule has 1 heterocycles. The molecule has 1 saturated heterocycles. The lowest BCUT2D eigenvalue weighted by Crippen LogP contribution is -2.44. The molecule has 1 fully saturated rings. The van der Waals surface area contributed by atoms with E-state index in [0.717, 1.165) is 32.4 Å². The molecule has 1 rings (SSSR count). The molecule has 0 aromatic carbocycles. The molecule has 0 spiro atoms. The molecule has 0 aliphatic carbocycles. The van der Waals surface area contributed by atoms with E-state index in [1.807, 2.05) is 0 Å². The van der Waals surface area contributed by atoms with Crippen LogP contribution in [-0.4, -0.2) is 31.5 Å². The predicted octanol–water partition coefficient (Wildman–Crippen LogP) is 2.67. The summed E-state index contributed by atoms with van der Waals surface area (Å²) in [7, 11) is 0. The van der Waals surface area contributed by atoms with Gasteiger partial charge in [0.2, 0.25) is 0 Å². The SMILES string of the molecule is CCCCCC(C)(F)CC1COCCN1. The van der Waals surface area contributed by atoms with Crippen molar-refractivity contribution < 1.29 is 9.13 Å². The van der Waals surface area contributed by atoms with Crippen LogP contribution in [0.15, 0.2) is 0 Å². The first-order chi connectivity index (χ1) is 7.14. The molecule has 0 bridgehead atoms. The van der Waals surface area contributed by atoms with Crippen LogP contribution in [0.4, 0.5) is 4.39 Å². The summed E-state index contributed by atoms with van der Waals surface area (Å²) >= 11 is 0. The summed E-state index contributed by atoms with van der Waals surface area (Å²) < 4.78 is 19.4. The molecule has 2 atom stereocenters. The smallest absolute Gasteiger partial charge is 0.109 e. The van der Waals surface area contributed by atoms with Crippen LogP contribution in [0, 0.1) is 0 Å². The minimum Gasteiger partial charge on any atom is -0.379 e. The molecule has 0 aromatic heterocycles. The Labute approximate surface area is 92.6 Å². The Morgan fingerprint density at radius 2 is 2.27 bits per heavy atom. The number of morpholine rings is 1. The maximum Gasteiger partial charge on any atom is 0.109 e. The second kappa shape index (κ2) is 6.44. The molecule has 2 nitrogen and oxygen atoms in total. The van der Waals surface area contributed by atoms with Gasteiger partial charge in [0.15, 0.2) is 0 Å². The summed E-state index contributed by atoms with van der Waals surface area (Å²) in [6.07, 6.45) is 4.54. The highest BCUT2D eigenvalue weighted by molar-refractivity contribution is 4.82. The molecule has 3 heteroatoms. The van der Waals surface area contributed by atoms with Gasteiger partial charge in [-0.05, 0) is 19.8 Å². The van der Waals surface area contributed by atoms with Gasteiger partial charge in [0.1, 0.15) is 5.67 Å². The molecular formula is C12H24FNO. The highest BCUT2D eigenvalue weighted by atomic mass is 19.1. The minimum atomic E-state index is -1.03. The standard InChI is InChI=1S/C12H24FNO/c1-3-4-5-6-12(2,13)9-11-10-15-8-7-14-11/h11,14H,3-10H2,1-2H3. The number of ether oxygens (including phenoxy) is 1. The topological polar surface area (TPSA) is 21.3 Å². The average Bonchev–Trinajstić information content (AvgIpc) is 2.18. The van der Waals surface area contributed by atoms with E-state index < -0.39 is 5.67 Å². The Kier molecular flexibility index (Phi) is 5.54. The van der Waals surface area contributed by atoms with Crippen molar-refractivity contribution in [3.05, 3.63) is 0 Å². The van der Waals surface area contributed by atoms with E-state index >= 15 is 0 Å². The largest absolute Gasteiger partial charge is 0.379 e. The molecule has 15 heavy (non-hydrogen) atoms. The third-order valence-electron chi connectivity index (χ3n) is 2.97. The molecule has 1 aliphatic rings. The van der Waals surface area contributed by atoms with E-state index in [9.17, 15) is 4.39 Å². The summed E-state index contributed by atoms with van der Waals surface area (Å²) in [5.41, 5.74) is -1.03. The van der Waals surface area contributed by atoms with Crippen molar-refractivity contribution in [3.63, 3.8) is 0 Å². The fourth-order valence-electron chi connectivity index (χ4n) is 2.11. The van der Waals surface area contributed by atoms with Gasteiger partial charge in [-0.2, -0.15) is 0 Å². The Balaban J connectivity index is 2.20. The Bertz CT molecular complexity index is 167. The lowest BCUT2D eigenvalue weighted by Gasteiger charge is -2.29. The summed E-state index contributed by atoms with van der Waals surface area (Å²) in [6, 6.07) is 0.204. The van der Waals surface area contributed by atoms with Crippen molar-refractivity contribution in [2.45, 2.75) is 57.7 Å². The molecule has 2 unspecified atom stereocenters. The Hall–Kier alpha value is -0.150. The molecule has 0 saturated carbocycles. The number of hydrogen-bond donors (Lipinski definition) is 1. The van der Waals surface area contributed by atoms with E-state index in [1.165, 1.54) is 0 Å². The van der Waals surface area contributed by atoms with Crippen molar-refractivity contribution in [2.24, 2.45) is 0 Å². The van der Waals surface area contributed by atoms with Crippen LogP contribution in [0.2, 0.25) is 0 Å². The zero-order chi connectivity index (χ0) is 11.1. The number of alkyl halides is 1. The number of hydrogen-bond acceptors (Lipinski definition) is 2. The van der Waals surface area contributed by atoms with E-state index in [1.54, 1.807) is 6.92 Å².